The fraction of sp³-hybridized carbons (Fsp3) is 0.818. The summed E-state index contributed by atoms with van der Waals surface area (Å²) in [6.45, 7) is 0.146. The first kappa shape index (κ1) is 13.7. The minimum Gasteiger partial charge on any atom is -0.465 e. The summed E-state index contributed by atoms with van der Waals surface area (Å²) in [4.78, 5) is 22.8. The van der Waals surface area contributed by atoms with E-state index in [1.807, 2.05) is 0 Å². The van der Waals surface area contributed by atoms with Crippen LogP contribution in [-0.2, 0) is 42.7 Å². The van der Waals surface area contributed by atoms with Gasteiger partial charge in [-0.1, -0.05) is 0 Å². The van der Waals surface area contributed by atoms with E-state index in [2.05, 4.69) is 9.47 Å². The van der Waals surface area contributed by atoms with Crippen LogP contribution in [0.3, 0.4) is 0 Å². The quantitative estimate of drug-likeness (QED) is 0.565. The van der Waals surface area contributed by atoms with Crippen molar-refractivity contribution in [2.75, 3.05) is 20.8 Å². The standard InChI is InChI=1S/C11H14O9/c1-14-7(12)10-16-3-4-5(18-10)6-9(17-4)20-11(19-6)8(13)15-2/h4-6,9-11H,3H2,1-2H3/t4?,5?,6-,9-,10?,11?/m1/s1. The van der Waals surface area contributed by atoms with E-state index in [9.17, 15) is 9.59 Å². The Balaban J connectivity index is 1.67. The van der Waals surface area contributed by atoms with E-state index in [1.54, 1.807) is 0 Å². The zero-order valence-electron chi connectivity index (χ0n) is 10.8. The van der Waals surface area contributed by atoms with E-state index in [0.717, 1.165) is 0 Å². The van der Waals surface area contributed by atoms with Crippen LogP contribution in [0.2, 0.25) is 0 Å². The van der Waals surface area contributed by atoms with Gasteiger partial charge in [0.25, 0.3) is 12.6 Å². The van der Waals surface area contributed by atoms with E-state index in [0.29, 0.717) is 0 Å². The maximum atomic E-state index is 11.4. The lowest BCUT2D eigenvalue weighted by Gasteiger charge is -2.31. The molecule has 0 aromatic carbocycles. The molecule has 0 amide bonds. The third kappa shape index (κ3) is 2.17. The molecule has 3 fully saturated rings. The smallest absolute Gasteiger partial charge is 0.363 e. The molecule has 3 heterocycles. The third-order valence-corrected chi connectivity index (χ3v) is 3.29. The van der Waals surface area contributed by atoms with Crippen molar-refractivity contribution in [2.24, 2.45) is 0 Å². The summed E-state index contributed by atoms with van der Waals surface area (Å²) >= 11 is 0. The van der Waals surface area contributed by atoms with Crippen molar-refractivity contribution < 1.29 is 42.7 Å². The van der Waals surface area contributed by atoms with Gasteiger partial charge in [0.1, 0.15) is 18.3 Å². The van der Waals surface area contributed by atoms with Gasteiger partial charge >= 0.3 is 11.9 Å². The minimum atomic E-state index is -1.15. The van der Waals surface area contributed by atoms with Crippen molar-refractivity contribution >= 4 is 11.9 Å². The maximum absolute atomic E-state index is 11.4. The van der Waals surface area contributed by atoms with Crippen molar-refractivity contribution in [2.45, 2.75) is 37.2 Å². The molecule has 3 aliphatic heterocycles. The SMILES string of the molecule is COC(=O)C1OCC2O[C@@H]3OC(C(=O)OC)O[C@@H]3C2O1. The van der Waals surface area contributed by atoms with E-state index in [4.69, 9.17) is 23.7 Å². The Kier molecular flexibility index (Phi) is 3.61. The molecule has 0 aliphatic carbocycles. The molecule has 9 nitrogen and oxygen atoms in total. The Hall–Kier alpha value is -1.26. The Bertz CT molecular complexity index is 411. The van der Waals surface area contributed by atoms with Crippen molar-refractivity contribution in [3.8, 4) is 0 Å². The first-order valence-corrected chi connectivity index (χ1v) is 6.03. The van der Waals surface area contributed by atoms with E-state index in [-0.39, 0.29) is 6.61 Å². The van der Waals surface area contributed by atoms with Gasteiger partial charge in [0.2, 0.25) is 0 Å². The van der Waals surface area contributed by atoms with E-state index < -0.39 is 49.1 Å². The number of esters is 2. The topological polar surface area (TPSA) is 98.8 Å². The van der Waals surface area contributed by atoms with Gasteiger partial charge in [-0.2, -0.15) is 0 Å². The molecule has 3 aliphatic rings. The van der Waals surface area contributed by atoms with Crippen molar-refractivity contribution in [1.82, 2.24) is 0 Å². The normalized spacial score (nSPS) is 42.7. The van der Waals surface area contributed by atoms with Gasteiger partial charge in [0.05, 0.1) is 20.8 Å². The highest BCUT2D eigenvalue weighted by Crippen LogP contribution is 2.37. The van der Waals surface area contributed by atoms with Crippen LogP contribution in [0.5, 0.6) is 0 Å². The lowest BCUT2D eigenvalue weighted by atomic mass is 10.1. The van der Waals surface area contributed by atoms with Gasteiger partial charge in [-0.3, -0.25) is 0 Å². The highest BCUT2D eigenvalue weighted by molar-refractivity contribution is 5.73. The van der Waals surface area contributed by atoms with Crippen LogP contribution in [0.1, 0.15) is 0 Å². The number of methoxy groups -OCH3 is 2. The second kappa shape index (κ2) is 5.26. The lowest BCUT2D eigenvalue weighted by molar-refractivity contribution is -0.268. The van der Waals surface area contributed by atoms with Gasteiger partial charge in [0, 0.05) is 0 Å². The molecular weight excluding hydrogens is 276 g/mol. The lowest BCUT2D eigenvalue weighted by Crippen LogP contribution is -2.49. The summed E-state index contributed by atoms with van der Waals surface area (Å²) in [7, 11) is 2.46. The van der Waals surface area contributed by atoms with Crippen LogP contribution in [0.15, 0.2) is 0 Å². The molecule has 3 rings (SSSR count). The fourth-order valence-corrected chi connectivity index (χ4v) is 2.33. The number of fused-ring (bicyclic) bond motifs is 3. The molecule has 9 heteroatoms. The van der Waals surface area contributed by atoms with E-state index in [1.165, 1.54) is 14.2 Å². The molecular formula is C11H14O9. The largest absolute Gasteiger partial charge is 0.465 e. The van der Waals surface area contributed by atoms with E-state index >= 15 is 0 Å². The predicted molar refractivity (Wildman–Crippen MR) is 57.1 cm³/mol. The summed E-state index contributed by atoms with van der Waals surface area (Å²) < 4.78 is 35.9. The van der Waals surface area contributed by atoms with Gasteiger partial charge < -0.3 is 33.2 Å². The maximum Gasteiger partial charge on any atom is 0.363 e. The van der Waals surface area contributed by atoms with Gasteiger partial charge in [0.15, 0.2) is 6.29 Å². The molecule has 6 atom stereocenters. The third-order valence-electron chi connectivity index (χ3n) is 3.29. The van der Waals surface area contributed by atoms with Crippen LogP contribution >= 0.6 is 0 Å². The number of carbonyl (C=O) groups excluding carboxylic acids is 2. The van der Waals surface area contributed by atoms with Crippen molar-refractivity contribution in [3.63, 3.8) is 0 Å². The molecule has 0 N–H and O–H groups in total. The van der Waals surface area contributed by atoms with Crippen molar-refractivity contribution in [3.05, 3.63) is 0 Å². The second-order valence-electron chi connectivity index (χ2n) is 4.42. The monoisotopic (exact) mass is 290 g/mol. The molecule has 112 valence electrons. The molecule has 0 spiro atoms. The summed E-state index contributed by atoms with van der Waals surface area (Å²) in [5.74, 6) is -1.30. The average Bonchev–Trinajstić information content (AvgIpc) is 3.02. The van der Waals surface area contributed by atoms with Crippen LogP contribution < -0.4 is 0 Å². The highest BCUT2D eigenvalue weighted by atomic mass is 16.9. The molecule has 20 heavy (non-hydrogen) atoms. The number of rotatable bonds is 2. The zero-order chi connectivity index (χ0) is 14.3. The molecule has 0 aromatic rings. The predicted octanol–water partition coefficient (Wildman–Crippen LogP) is -1.46. The van der Waals surface area contributed by atoms with Gasteiger partial charge in [-0.05, 0) is 0 Å². The number of carbonyl (C=O) groups is 2. The summed E-state index contributed by atoms with van der Waals surface area (Å²) in [5, 5.41) is 0. The number of hydrogen-bond donors (Lipinski definition) is 0. The van der Waals surface area contributed by atoms with Crippen LogP contribution in [-0.4, -0.2) is 69.9 Å². The van der Waals surface area contributed by atoms with Crippen LogP contribution in [0.25, 0.3) is 0 Å². The molecule has 0 saturated carbocycles. The number of ether oxygens (including phenoxy) is 7. The van der Waals surface area contributed by atoms with Gasteiger partial charge in [-0.25, -0.2) is 9.59 Å². The summed E-state index contributed by atoms with van der Waals surface area (Å²) in [6, 6.07) is 0. The fourth-order valence-electron chi connectivity index (χ4n) is 2.33. The molecule has 0 bridgehead atoms. The molecule has 0 aromatic heterocycles. The molecule has 4 unspecified atom stereocenters. The first-order valence-electron chi connectivity index (χ1n) is 6.03. The Labute approximate surface area is 113 Å². The average molecular weight is 290 g/mol. The molecule has 0 radical (unpaired) electrons. The highest BCUT2D eigenvalue weighted by Gasteiger charge is 2.57. The minimum absolute atomic E-state index is 0.146. The molecule has 3 saturated heterocycles. The summed E-state index contributed by atoms with van der Waals surface area (Å²) in [5.41, 5.74) is 0. The first-order chi connectivity index (χ1) is 9.63. The van der Waals surface area contributed by atoms with Crippen LogP contribution in [0.4, 0.5) is 0 Å². The second-order valence-corrected chi connectivity index (χ2v) is 4.42. The summed E-state index contributed by atoms with van der Waals surface area (Å²) in [6.07, 6.45) is -4.67. The Morgan fingerprint density at radius 2 is 1.55 bits per heavy atom. The van der Waals surface area contributed by atoms with Gasteiger partial charge in [-0.15, -0.1) is 0 Å². The Morgan fingerprint density at radius 1 is 0.900 bits per heavy atom. The van der Waals surface area contributed by atoms with Crippen molar-refractivity contribution in [1.29, 1.82) is 0 Å². The Morgan fingerprint density at radius 3 is 2.25 bits per heavy atom. The number of hydrogen-bond acceptors (Lipinski definition) is 9. The zero-order valence-corrected chi connectivity index (χ0v) is 10.8. The van der Waals surface area contributed by atoms with Crippen LogP contribution in [0, 0.1) is 0 Å².